The van der Waals surface area contributed by atoms with Crippen LogP contribution >= 0.6 is 0 Å². The van der Waals surface area contributed by atoms with Gasteiger partial charge in [0.25, 0.3) is 0 Å². The third-order valence-corrected chi connectivity index (χ3v) is 7.19. The van der Waals surface area contributed by atoms with Crippen molar-refractivity contribution in [3.8, 4) is 17.1 Å². The molecule has 0 saturated heterocycles. The Balaban J connectivity index is 2.42. The van der Waals surface area contributed by atoms with Gasteiger partial charge >= 0.3 is 21.6 Å². The third-order valence-electron chi connectivity index (χ3n) is 5.04. The van der Waals surface area contributed by atoms with Crippen molar-refractivity contribution in [2.45, 2.75) is 18.9 Å². The molecule has 3 rings (SSSR count). The van der Waals surface area contributed by atoms with E-state index in [-0.39, 0.29) is 47.4 Å². The molecule has 0 N–H and O–H groups in total. The average Bonchev–Trinajstić information content (AvgIpc) is 3.16. The second kappa shape index (κ2) is 10.6. The fraction of sp³-hybridized carbons (Fsp3) is 0.261. The van der Waals surface area contributed by atoms with Crippen molar-refractivity contribution in [1.29, 1.82) is 0 Å². The number of carbonyl (C=O) groups is 1. The highest BCUT2D eigenvalue weighted by Gasteiger charge is 2.49. The number of nitrogens with zero attached hydrogens (tertiary/aromatic N) is 1. The summed E-state index contributed by atoms with van der Waals surface area (Å²) in [4.78, 5) is 12.8. The second-order valence-corrected chi connectivity index (χ2v) is 11.2. The summed E-state index contributed by atoms with van der Waals surface area (Å²) >= 11 is 0. The Hall–Kier alpha value is -3.59. The fourth-order valence-corrected chi connectivity index (χ4v) is 4.82. The minimum Gasteiger partial charge on any atom is -0.462 e. The van der Waals surface area contributed by atoms with Crippen molar-refractivity contribution in [3.05, 3.63) is 60.4 Å². The Morgan fingerprint density at radius 1 is 1.13 bits per heavy atom. The Morgan fingerprint density at radius 2 is 1.76 bits per heavy atom. The van der Waals surface area contributed by atoms with Crippen molar-refractivity contribution in [2.24, 2.45) is 0 Å². The highest BCUT2D eigenvalue weighted by Crippen LogP contribution is 2.43. The number of halogens is 4. The normalized spacial score (nSPS) is 12.4. The number of carbonyl (C=O) groups excluding carboxylic acids is 1. The van der Waals surface area contributed by atoms with Crippen LogP contribution in [0, 0.1) is 5.82 Å². The first-order valence-corrected chi connectivity index (χ1v) is 14.0. The standard InChI is InChI=1S/C23H21F4NO8S2/c1-4-6-11-28(37(3,30)31)17-13-18-16(12-19(17)36-38(32,33)23(25,26)27)20(22(29)34-5-2)21(35-18)14-7-9-15(24)10-8-14/h4,7-10,12-13H,1,5-6,11H2,2-3H3. The molecular weight excluding hydrogens is 558 g/mol. The van der Waals surface area contributed by atoms with Gasteiger partial charge in [0.2, 0.25) is 10.0 Å². The number of esters is 1. The number of furan rings is 1. The lowest BCUT2D eigenvalue weighted by Gasteiger charge is -2.24. The molecule has 3 aromatic rings. The Labute approximate surface area is 215 Å². The first-order valence-electron chi connectivity index (χ1n) is 10.7. The topological polar surface area (TPSA) is 120 Å². The summed E-state index contributed by atoms with van der Waals surface area (Å²) in [5.74, 6) is -2.82. The molecule has 0 unspecified atom stereocenters. The first-order chi connectivity index (χ1) is 17.6. The van der Waals surface area contributed by atoms with Crippen LogP contribution in [0.2, 0.25) is 0 Å². The molecule has 38 heavy (non-hydrogen) atoms. The largest absolute Gasteiger partial charge is 0.534 e. The van der Waals surface area contributed by atoms with E-state index in [9.17, 15) is 39.2 Å². The molecule has 1 heterocycles. The smallest absolute Gasteiger partial charge is 0.462 e. The maximum absolute atomic E-state index is 13.5. The number of sulfonamides is 1. The van der Waals surface area contributed by atoms with Crippen LogP contribution in [0.4, 0.5) is 23.2 Å². The van der Waals surface area contributed by atoms with Crippen LogP contribution in [-0.4, -0.2) is 47.7 Å². The van der Waals surface area contributed by atoms with E-state index in [4.69, 9.17) is 9.15 Å². The zero-order chi connectivity index (χ0) is 28.5. The SMILES string of the molecule is C=CCCN(c1cc2oc(-c3ccc(F)cc3)c(C(=O)OCC)c2cc1OS(=O)(=O)C(F)(F)F)S(C)(=O)=O. The number of fused-ring (bicyclic) bond motifs is 1. The van der Waals surface area contributed by atoms with Crippen molar-refractivity contribution in [3.63, 3.8) is 0 Å². The second-order valence-electron chi connectivity index (χ2n) is 7.75. The van der Waals surface area contributed by atoms with E-state index in [0.29, 0.717) is 4.31 Å². The van der Waals surface area contributed by atoms with Gasteiger partial charge in [-0.1, -0.05) is 6.08 Å². The molecule has 0 amide bonds. The van der Waals surface area contributed by atoms with E-state index < -0.39 is 48.9 Å². The van der Waals surface area contributed by atoms with Crippen LogP contribution in [0.15, 0.2) is 53.5 Å². The van der Waals surface area contributed by atoms with E-state index in [2.05, 4.69) is 10.8 Å². The van der Waals surface area contributed by atoms with Gasteiger partial charge in [-0.05, 0) is 43.7 Å². The van der Waals surface area contributed by atoms with Crippen LogP contribution in [0.5, 0.6) is 5.75 Å². The van der Waals surface area contributed by atoms with Crippen LogP contribution in [0.25, 0.3) is 22.3 Å². The third kappa shape index (κ3) is 5.93. The monoisotopic (exact) mass is 579 g/mol. The molecule has 0 aliphatic rings. The molecule has 0 radical (unpaired) electrons. The Bertz CT molecular complexity index is 1580. The molecule has 9 nitrogen and oxygen atoms in total. The van der Waals surface area contributed by atoms with E-state index in [1.807, 2.05) is 0 Å². The molecular formula is C23H21F4NO8S2. The number of alkyl halides is 3. The summed E-state index contributed by atoms with van der Waals surface area (Å²) in [5.41, 5.74) is -6.83. The summed E-state index contributed by atoms with van der Waals surface area (Å²) in [6.45, 7) is 4.51. The molecule has 15 heteroatoms. The molecule has 206 valence electrons. The van der Waals surface area contributed by atoms with Gasteiger partial charge in [0.1, 0.15) is 22.7 Å². The van der Waals surface area contributed by atoms with Crippen molar-refractivity contribution in [1.82, 2.24) is 0 Å². The molecule has 0 aliphatic heterocycles. The van der Waals surface area contributed by atoms with Gasteiger partial charge in [-0.2, -0.15) is 21.6 Å². The number of rotatable bonds is 10. The van der Waals surface area contributed by atoms with E-state index in [1.54, 1.807) is 0 Å². The molecule has 0 bridgehead atoms. The maximum Gasteiger partial charge on any atom is 0.534 e. The summed E-state index contributed by atoms with van der Waals surface area (Å²) < 4.78 is 118. The number of ether oxygens (including phenoxy) is 1. The molecule has 0 saturated carbocycles. The zero-order valence-corrected chi connectivity index (χ0v) is 21.5. The molecule has 0 atom stereocenters. The number of hydrogen-bond acceptors (Lipinski definition) is 8. The summed E-state index contributed by atoms with van der Waals surface area (Å²) in [5, 5.41) is -0.240. The fourth-order valence-electron chi connectivity index (χ4n) is 3.42. The molecule has 1 aromatic heterocycles. The quantitative estimate of drug-likeness (QED) is 0.108. The van der Waals surface area contributed by atoms with Gasteiger partial charge < -0.3 is 13.3 Å². The number of hydrogen-bond donors (Lipinski definition) is 0. The lowest BCUT2D eigenvalue weighted by atomic mass is 10.0. The van der Waals surface area contributed by atoms with E-state index >= 15 is 0 Å². The zero-order valence-electron chi connectivity index (χ0n) is 19.9. The van der Waals surface area contributed by atoms with E-state index in [1.165, 1.54) is 25.1 Å². The van der Waals surface area contributed by atoms with E-state index in [0.717, 1.165) is 30.5 Å². The number of anilines is 1. The lowest BCUT2D eigenvalue weighted by Crippen LogP contribution is -2.33. The lowest BCUT2D eigenvalue weighted by molar-refractivity contribution is -0.0499. The first kappa shape index (κ1) is 29.0. The van der Waals surface area contributed by atoms with Gasteiger partial charge in [-0.15, -0.1) is 6.58 Å². The van der Waals surface area contributed by atoms with Crippen molar-refractivity contribution in [2.75, 3.05) is 23.7 Å². The maximum atomic E-state index is 13.5. The van der Waals surface area contributed by atoms with Crippen LogP contribution in [0.3, 0.4) is 0 Å². The molecule has 0 spiro atoms. The Morgan fingerprint density at radius 3 is 2.29 bits per heavy atom. The average molecular weight is 580 g/mol. The highest BCUT2D eigenvalue weighted by atomic mass is 32.2. The summed E-state index contributed by atoms with van der Waals surface area (Å²) in [6, 6.07) is 6.31. The van der Waals surface area contributed by atoms with Gasteiger partial charge in [0.05, 0.1) is 18.6 Å². The highest BCUT2D eigenvalue weighted by molar-refractivity contribution is 7.92. The molecule has 0 fully saturated rings. The summed E-state index contributed by atoms with van der Waals surface area (Å²) in [7, 11) is -10.5. The van der Waals surface area contributed by atoms with Crippen LogP contribution in [0.1, 0.15) is 23.7 Å². The predicted octanol–water partition coefficient (Wildman–Crippen LogP) is 4.99. The van der Waals surface area contributed by atoms with Crippen molar-refractivity contribution < 1.29 is 52.5 Å². The Kier molecular flexibility index (Phi) is 8.12. The van der Waals surface area contributed by atoms with Gasteiger partial charge in [-0.3, -0.25) is 4.31 Å². The van der Waals surface area contributed by atoms with Crippen molar-refractivity contribution >= 4 is 42.8 Å². The minimum absolute atomic E-state index is 0.0314. The molecule has 2 aromatic carbocycles. The van der Waals surface area contributed by atoms with Gasteiger partial charge in [-0.25, -0.2) is 17.6 Å². The predicted molar refractivity (Wildman–Crippen MR) is 130 cm³/mol. The van der Waals surface area contributed by atoms with Crippen LogP contribution < -0.4 is 8.49 Å². The minimum atomic E-state index is -6.26. The number of benzene rings is 2. The molecule has 0 aliphatic carbocycles. The van der Waals surface area contributed by atoms with Crippen LogP contribution in [-0.2, 0) is 24.9 Å². The van der Waals surface area contributed by atoms with Gasteiger partial charge in [0.15, 0.2) is 5.75 Å². The summed E-state index contributed by atoms with van der Waals surface area (Å²) in [6.07, 6.45) is 2.12. The van der Waals surface area contributed by atoms with Gasteiger partial charge in [0, 0.05) is 23.6 Å².